The molecule has 1 radical (unpaired) electrons. The van der Waals surface area contributed by atoms with Crippen LogP contribution in [0, 0.1) is 0 Å². The van der Waals surface area contributed by atoms with Crippen LogP contribution >= 0.6 is 27.5 Å². The molecule has 19 heavy (non-hydrogen) atoms. The van der Waals surface area contributed by atoms with Crippen LogP contribution < -0.4 is 7.86 Å². The Balaban J connectivity index is 3.27. The third-order valence-corrected chi connectivity index (χ3v) is 10.6. The van der Waals surface area contributed by atoms with Gasteiger partial charge < -0.3 is 0 Å². The number of benzene rings is 1. The van der Waals surface area contributed by atoms with Crippen molar-refractivity contribution in [3.8, 4) is 5.75 Å². The van der Waals surface area contributed by atoms with Gasteiger partial charge in [0, 0.05) is 0 Å². The standard InChI is InChI=1S/C7H5BrClO.2C2H4O2.Pb/c1-10-7-3-5(8)2-6(9)4-7;2*1-2(3)4;/h2-3H,1H3;2*1H3,(H,3,4);/q;;;+2/p-2. The molecule has 8 heteroatoms. The third kappa shape index (κ3) is 4.92. The topological polar surface area (TPSA) is 61.8 Å². The quantitative estimate of drug-likeness (QED) is 0.542. The zero-order valence-electron chi connectivity index (χ0n) is 10.5. The normalized spacial score (nSPS) is 10.2. The summed E-state index contributed by atoms with van der Waals surface area (Å²) in [6, 6.07) is 3.32. The van der Waals surface area contributed by atoms with Crippen LogP contribution in [-0.2, 0) is 15.0 Å². The molecular formula is C11H11BrClO5Pb. The summed E-state index contributed by atoms with van der Waals surface area (Å²) in [7, 11) is 1.46. The molecule has 0 bridgehead atoms. The molecular weight excluding hydrogens is 535 g/mol. The van der Waals surface area contributed by atoms with Crippen molar-refractivity contribution in [2.45, 2.75) is 13.8 Å². The van der Waals surface area contributed by atoms with Crippen molar-refractivity contribution < 1.29 is 19.7 Å². The number of hydrogen-bond acceptors (Lipinski definition) is 5. The van der Waals surface area contributed by atoms with E-state index in [1.54, 1.807) is 12.1 Å². The van der Waals surface area contributed by atoms with E-state index in [1.165, 1.54) is 21.0 Å². The van der Waals surface area contributed by atoms with Gasteiger partial charge in [0.1, 0.15) is 0 Å². The Morgan fingerprint density at radius 1 is 1.21 bits per heavy atom. The summed E-state index contributed by atoms with van der Waals surface area (Å²) in [5, 5.41) is 0.343. The van der Waals surface area contributed by atoms with Crippen LogP contribution in [0.15, 0.2) is 16.6 Å². The van der Waals surface area contributed by atoms with Crippen LogP contribution in [0.1, 0.15) is 13.8 Å². The fourth-order valence-corrected chi connectivity index (χ4v) is 8.23. The molecule has 0 spiro atoms. The molecule has 1 rings (SSSR count). The van der Waals surface area contributed by atoms with Crippen molar-refractivity contribution in [3.63, 3.8) is 0 Å². The molecule has 0 aromatic heterocycles. The summed E-state index contributed by atoms with van der Waals surface area (Å²) in [6.07, 6.45) is 0. The van der Waals surface area contributed by atoms with Crippen LogP contribution in [0.3, 0.4) is 0 Å². The third-order valence-electron chi connectivity index (χ3n) is 1.92. The predicted molar refractivity (Wildman–Crippen MR) is 74.6 cm³/mol. The number of ether oxygens (including phenoxy) is 1. The van der Waals surface area contributed by atoms with E-state index in [0.717, 1.165) is 0 Å². The Morgan fingerprint density at radius 3 is 2.16 bits per heavy atom. The SMILES string of the molecule is COc1cc(Br)cc(Cl)[c]1[Pb]([O]C(C)=O)[O]C(C)=O. The molecule has 0 aliphatic rings. The monoisotopic (exact) mass is 545 g/mol. The first-order chi connectivity index (χ1) is 8.85. The van der Waals surface area contributed by atoms with E-state index in [9.17, 15) is 9.59 Å². The second-order valence-corrected chi connectivity index (χ2v) is 10.5. The van der Waals surface area contributed by atoms with Crippen LogP contribution in [0.2, 0.25) is 5.02 Å². The maximum absolute atomic E-state index is 11.1. The minimum atomic E-state index is -3.63. The van der Waals surface area contributed by atoms with E-state index in [2.05, 4.69) is 15.9 Å². The summed E-state index contributed by atoms with van der Waals surface area (Å²) >= 11 is 5.79. The van der Waals surface area contributed by atoms with Gasteiger partial charge in [-0.2, -0.15) is 0 Å². The average molecular weight is 546 g/mol. The maximum atomic E-state index is 11.1. The van der Waals surface area contributed by atoms with Gasteiger partial charge in [0.25, 0.3) is 0 Å². The van der Waals surface area contributed by atoms with E-state index < -0.39 is 35.5 Å². The van der Waals surface area contributed by atoms with Gasteiger partial charge in [-0.1, -0.05) is 0 Å². The molecule has 0 N–H and O–H groups in total. The molecule has 5 nitrogen and oxygen atoms in total. The summed E-state index contributed by atoms with van der Waals surface area (Å²) in [6.45, 7) is 2.51. The fraction of sp³-hybridized carbons (Fsp3) is 0.273. The molecule has 0 saturated heterocycles. The Kier molecular flexibility index (Phi) is 6.54. The number of rotatable bonds is 4. The van der Waals surface area contributed by atoms with Crippen molar-refractivity contribution in [3.05, 3.63) is 21.6 Å². The molecule has 103 valence electrons. The van der Waals surface area contributed by atoms with Crippen molar-refractivity contribution in [1.82, 2.24) is 0 Å². The van der Waals surface area contributed by atoms with Gasteiger partial charge in [-0.25, -0.2) is 0 Å². The second-order valence-electron chi connectivity index (χ2n) is 3.44. The van der Waals surface area contributed by atoms with E-state index in [-0.39, 0.29) is 0 Å². The van der Waals surface area contributed by atoms with Gasteiger partial charge in [-0.05, 0) is 0 Å². The first kappa shape index (κ1) is 16.7. The molecule has 0 atom stereocenters. The first-order valence-corrected chi connectivity index (χ1v) is 11.4. The molecule has 0 fully saturated rings. The van der Waals surface area contributed by atoms with Gasteiger partial charge in [0.15, 0.2) is 0 Å². The summed E-state index contributed by atoms with van der Waals surface area (Å²) in [5.41, 5.74) is 0. The van der Waals surface area contributed by atoms with Crippen molar-refractivity contribution in [2.24, 2.45) is 0 Å². The Morgan fingerprint density at radius 2 is 1.74 bits per heavy atom. The summed E-state index contributed by atoms with van der Waals surface area (Å²) in [4.78, 5) is 22.3. The van der Waals surface area contributed by atoms with E-state index in [1.807, 2.05) is 0 Å². The zero-order chi connectivity index (χ0) is 14.6. The van der Waals surface area contributed by atoms with E-state index in [4.69, 9.17) is 21.7 Å². The molecule has 1 aromatic carbocycles. The van der Waals surface area contributed by atoms with Gasteiger partial charge >= 0.3 is 134 Å². The number of carbonyl (C=O) groups excluding carboxylic acids is 2. The van der Waals surface area contributed by atoms with Crippen LogP contribution in [-0.4, -0.2) is 42.7 Å². The number of carbonyl (C=O) groups is 2. The Hall–Kier alpha value is -0.348. The van der Waals surface area contributed by atoms with Gasteiger partial charge in [-0.3, -0.25) is 0 Å². The predicted octanol–water partition coefficient (Wildman–Crippen LogP) is 1.93. The van der Waals surface area contributed by atoms with Crippen molar-refractivity contribution in [2.75, 3.05) is 7.11 Å². The number of methoxy groups -OCH3 is 1. The minimum absolute atomic E-state index is 0.343. The Labute approximate surface area is 133 Å². The van der Waals surface area contributed by atoms with E-state index in [0.29, 0.717) is 18.4 Å². The fourth-order valence-electron chi connectivity index (χ4n) is 1.29. The zero-order valence-corrected chi connectivity index (χ0v) is 16.7. The molecule has 0 heterocycles. The summed E-state index contributed by atoms with van der Waals surface area (Å²) < 4.78 is 16.7. The molecule has 0 aliphatic carbocycles. The number of hydrogen-bond donors (Lipinski definition) is 0. The molecule has 0 amide bonds. The van der Waals surface area contributed by atoms with E-state index >= 15 is 0 Å². The summed E-state index contributed by atoms with van der Waals surface area (Å²) in [5.74, 6) is -0.585. The second kappa shape index (κ2) is 7.44. The van der Waals surface area contributed by atoms with Gasteiger partial charge in [0.2, 0.25) is 0 Å². The van der Waals surface area contributed by atoms with Gasteiger partial charge in [-0.15, -0.1) is 0 Å². The molecule has 0 saturated carbocycles. The first-order valence-electron chi connectivity index (χ1n) is 5.12. The average Bonchev–Trinajstić information content (AvgIpc) is 2.25. The van der Waals surface area contributed by atoms with Crippen LogP contribution in [0.5, 0.6) is 5.75 Å². The number of halogens is 2. The molecule has 0 unspecified atom stereocenters. The van der Waals surface area contributed by atoms with Gasteiger partial charge in [0.05, 0.1) is 0 Å². The Bertz CT molecular complexity index is 492. The van der Waals surface area contributed by atoms with Crippen LogP contribution in [0.4, 0.5) is 0 Å². The molecule has 0 aliphatic heterocycles. The van der Waals surface area contributed by atoms with Crippen LogP contribution in [0.25, 0.3) is 0 Å². The molecule has 1 aromatic rings. The van der Waals surface area contributed by atoms with Crippen molar-refractivity contribution in [1.29, 1.82) is 0 Å². The van der Waals surface area contributed by atoms with Crippen molar-refractivity contribution >= 4 is 66.2 Å².